The molecule has 2 aliphatic heterocycles. The number of epoxide rings is 1. The predicted molar refractivity (Wildman–Crippen MR) is 223 cm³/mol. The van der Waals surface area contributed by atoms with E-state index in [0.717, 1.165) is 24.6 Å². The molecule has 0 saturated carbocycles. The number of Topliss-reactive ketones (excluding diaryl/α,β-unsaturated/α-hetero) is 1. The summed E-state index contributed by atoms with van der Waals surface area (Å²) in [5.74, 6) is 0.549. The van der Waals surface area contributed by atoms with Gasteiger partial charge in [0.15, 0.2) is 33.3 Å². The molecule has 3 heterocycles. The average Bonchev–Trinajstić information content (AvgIpc) is 3.82. The van der Waals surface area contributed by atoms with Crippen LogP contribution in [0.2, 0.25) is 77.1 Å². The largest absolute Gasteiger partial charge is 0.478 e. The molecule has 1 aromatic heterocycles. The number of hydrogen-bond acceptors (Lipinski definition) is 10. The summed E-state index contributed by atoms with van der Waals surface area (Å²) in [5, 5.41) is 11.1. The molecule has 3 rings (SSSR count). The van der Waals surface area contributed by atoms with Crippen LogP contribution < -0.4 is 4.74 Å². The van der Waals surface area contributed by atoms with Gasteiger partial charge in [0.1, 0.15) is 5.78 Å². The lowest BCUT2D eigenvalue weighted by Gasteiger charge is -2.47. The summed E-state index contributed by atoms with van der Waals surface area (Å²) in [6.45, 7) is 32.4. The molecular weight excluding hydrogens is 739 g/mol. The van der Waals surface area contributed by atoms with Crippen molar-refractivity contribution in [2.75, 3.05) is 19.8 Å². The Hall–Kier alpha value is -0.792. The van der Waals surface area contributed by atoms with E-state index in [4.69, 9.17) is 31.9 Å². The minimum atomic E-state index is -2.05. The molecule has 2 fully saturated rings. The molecule has 10 nitrogen and oxygen atoms in total. The van der Waals surface area contributed by atoms with Crippen LogP contribution in [0.4, 0.5) is 0 Å². The van der Waals surface area contributed by atoms with Gasteiger partial charge in [-0.25, -0.2) is 4.98 Å². The molecule has 306 valence electrons. The van der Waals surface area contributed by atoms with Gasteiger partial charge in [-0.3, -0.25) is 4.79 Å². The quantitative estimate of drug-likeness (QED) is 0.0617. The van der Waals surface area contributed by atoms with Crippen LogP contribution in [0.15, 0.2) is 18.3 Å². The Morgan fingerprint density at radius 2 is 1.51 bits per heavy atom. The number of aromatic nitrogens is 1. The maximum Gasteiger partial charge on any atom is 0.213 e. The van der Waals surface area contributed by atoms with Crippen LogP contribution in [0.25, 0.3) is 0 Å². The molecule has 0 aliphatic carbocycles. The molecule has 0 amide bonds. The normalized spacial score (nSPS) is 25.9. The van der Waals surface area contributed by atoms with Crippen LogP contribution in [-0.2, 0) is 32.0 Å². The van der Waals surface area contributed by atoms with Crippen LogP contribution in [0, 0.1) is 11.8 Å². The van der Waals surface area contributed by atoms with Gasteiger partial charge in [0.2, 0.25) is 5.88 Å². The van der Waals surface area contributed by atoms with Gasteiger partial charge in [-0.15, -0.1) is 0 Å². The number of hydrogen-bond donors (Lipinski definition) is 1. The second kappa shape index (κ2) is 20.1. The summed E-state index contributed by atoms with van der Waals surface area (Å²) in [4.78, 5) is 18.0. The molecular formula is C39H75NO9Si4. The molecule has 1 aromatic rings. The number of carbonyl (C=O) groups is 1. The highest BCUT2D eigenvalue weighted by atomic mass is 28.4. The number of pyridine rings is 1. The van der Waals surface area contributed by atoms with Gasteiger partial charge in [0, 0.05) is 62.5 Å². The third kappa shape index (κ3) is 15.6. The van der Waals surface area contributed by atoms with Crippen LogP contribution in [0.1, 0.15) is 72.0 Å². The van der Waals surface area contributed by atoms with E-state index in [1.807, 2.05) is 0 Å². The van der Waals surface area contributed by atoms with Crippen molar-refractivity contribution in [1.82, 2.24) is 4.98 Å². The van der Waals surface area contributed by atoms with E-state index in [1.54, 1.807) is 18.3 Å². The monoisotopic (exact) mass is 813 g/mol. The maximum absolute atomic E-state index is 13.6. The van der Waals surface area contributed by atoms with Crippen LogP contribution in [0.5, 0.6) is 5.88 Å². The zero-order valence-corrected chi connectivity index (χ0v) is 39.7. The number of rotatable bonds is 24. The lowest BCUT2D eigenvalue weighted by Crippen LogP contribution is -2.58. The smallest absolute Gasteiger partial charge is 0.213 e. The molecule has 9 atom stereocenters. The SMILES string of the molecule is CC[Si](CC)(CC)OCCCOc1ccc(C(O)CC(=O)C[C@H]2CO[C@@H](C[C@@H]3O[C@H]3[C@H](C)[C@H](C)O[Si](C)(C)C)[C@@H](O[Si](C)(C)C)[C@@H]2O[Si](C)(C)C)cn1. The molecule has 14 heteroatoms. The fourth-order valence-electron chi connectivity index (χ4n) is 7.35. The van der Waals surface area contributed by atoms with Crippen molar-refractivity contribution in [2.45, 2.75) is 180 Å². The summed E-state index contributed by atoms with van der Waals surface area (Å²) in [6, 6.07) is 6.95. The highest BCUT2D eigenvalue weighted by Crippen LogP contribution is 2.41. The number of carbonyl (C=O) groups excluding carboxylic acids is 1. The highest BCUT2D eigenvalue weighted by Gasteiger charge is 2.52. The molecule has 2 aliphatic rings. The Morgan fingerprint density at radius 1 is 0.887 bits per heavy atom. The van der Waals surface area contributed by atoms with Crippen molar-refractivity contribution in [3.05, 3.63) is 23.9 Å². The lowest BCUT2D eigenvalue weighted by molar-refractivity contribution is -0.159. The topological polar surface area (TPSA) is 118 Å². The van der Waals surface area contributed by atoms with Crippen LogP contribution >= 0.6 is 0 Å². The predicted octanol–water partition coefficient (Wildman–Crippen LogP) is 8.74. The van der Waals surface area contributed by atoms with Gasteiger partial charge < -0.3 is 37.0 Å². The molecule has 53 heavy (non-hydrogen) atoms. The first kappa shape index (κ1) is 46.6. The van der Waals surface area contributed by atoms with E-state index in [0.29, 0.717) is 37.7 Å². The highest BCUT2D eigenvalue weighted by molar-refractivity contribution is 6.73. The molecule has 0 bridgehead atoms. The van der Waals surface area contributed by atoms with E-state index in [-0.39, 0.29) is 67.1 Å². The number of aliphatic hydroxyl groups excluding tert-OH is 1. The van der Waals surface area contributed by atoms with Crippen molar-refractivity contribution in [1.29, 1.82) is 0 Å². The summed E-state index contributed by atoms with van der Waals surface area (Å²) in [6.07, 6.45) is 1.91. The van der Waals surface area contributed by atoms with E-state index in [9.17, 15) is 9.90 Å². The van der Waals surface area contributed by atoms with Gasteiger partial charge in [-0.1, -0.05) is 27.7 Å². The van der Waals surface area contributed by atoms with Crippen LogP contribution in [-0.4, -0.2) is 106 Å². The minimum Gasteiger partial charge on any atom is -0.478 e. The van der Waals surface area contributed by atoms with Crippen molar-refractivity contribution in [2.24, 2.45) is 11.8 Å². The van der Waals surface area contributed by atoms with Gasteiger partial charge >= 0.3 is 0 Å². The van der Waals surface area contributed by atoms with Crippen molar-refractivity contribution in [3.8, 4) is 5.88 Å². The number of aliphatic hydroxyl groups is 1. The maximum atomic E-state index is 13.6. The Kier molecular flexibility index (Phi) is 17.6. The van der Waals surface area contributed by atoms with E-state index in [1.165, 1.54) is 0 Å². The Balaban J connectivity index is 1.61. The van der Waals surface area contributed by atoms with E-state index in [2.05, 4.69) is 98.5 Å². The van der Waals surface area contributed by atoms with Gasteiger partial charge in [0.25, 0.3) is 0 Å². The van der Waals surface area contributed by atoms with E-state index < -0.39 is 39.4 Å². The summed E-state index contributed by atoms with van der Waals surface area (Å²) in [5.41, 5.74) is 0.589. The third-order valence-corrected chi connectivity index (χ3v) is 18.2. The van der Waals surface area contributed by atoms with Gasteiger partial charge in [-0.2, -0.15) is 0 Å². The third-order valence-electron chi connectivity index (χ3n) is 10.5. The first-order chi connectivity index (χ1) is 24.6. The Labute approximate surface area is 326 Å². The van der Waals surface area contributed by atoms with Crippen LogP contribution in [0.3, 0.4) is 0 Å². The van der Waals surface area contributed by atoms with Crippen molar-refractivity contribution < 1.29 is 41.8 Å². The fourth-order valence-corrected chi connectivity index (χ4v) is 13.6. The standard InChI is InChI=1S/C39H75NO9Si4/c1-15-53(16-2,17-3)45-22-18-21-43-36-20-19-30(26-40-36)33(42)24-32(41)23-31-27-44-34(39(49-52(12,13)14)38(31)48-51(9,10)11)25-35-37(46-35)28(4)29(5)47-50(6,7)8/h19-20,26,28-29,31,33-35,37-39,42H,15-18,21-25,27H2,1-14H3/t28-,29+,31+,33?,34+,35+,37+,38-,39-/m1/s1. The number of ether oxygens (including phenoxy) is 3. The summed E-state index contributed by atoms with van der Waals surface area (Å²) < 4.78 is 45.1. The molecule has 0 radical (unpaired) electrons. The fraction of sp³-hybridized carbons (Fsp3) is 0.846. The lowest BCUT2D eigenvalue weighted by atomic mass is 9.85. The number of nitrogens with zero attached hydrogens (tertiary/aromatic N) is 1. The Morgan fingerprint density at radius 3 is 2.06 bits per heavy atom. The first-order valence-electron chi connectivity index (χ1n) is 20.3. The first-order valence-corrected chi connectivity index (χ1v) is 33.1. The van der Waals surface area contributed by atoms with Crippen molar-refractivity contribution >= 4 is 39.1 Å². The number of ketones is 1. The second-order valence-electron chi connectivity index (χ2n) is 18.4. The molecule has 0 spiro atoms. The zero-order valence-electron chi connectivity index (χ0n) is 35.7. The average molecular weight is 814 g/mol. The van der Waals surface area contributed by atoms with Gasteiger partial charge in [-0.05, 0) is 95.6 Å². The molecule has 0 aromatic carbocycles. The molecule has 1 unspecified atom stereocenters. The summed E-state index contributed by atoms with van der Waals surface area (Å²) >= 11 is 0. The molecule has 2 saturated heterocycles. The van der Waals surface area contributed by atoms with Crippen molar-refractivity contribution in [3.63, 3.8) is 0 Å². The second-order valence-corrected chi connectivity index (χ2v) is 36.5. The Bertz CT molecular complexity index is 1240. The summed E-state index contributed by atoms with van der Waals surface area (Å²) in [7, 11) is -7.34. The van der Waals surface area contributed by atoms with E-state index >= 15 is 0 Å². The van der Waals surface area contributed by atoms with Gasteiger partial charge in [0.05, 0.1) is 49.8 Å². The minimum absolute atomic E-state index is 0.0105. The molecule has 1 N–H and O–H groups in total. The zero-order chi connectivity index (χ0) is 39.8.